The van der Waals surface area contributed by atoms with Gasteiger partial charge in [-0.05, 0) is 61.5 Å². The SMILES string of the molecule is Cc1ncn(-c2ccc(N)cc2OCCCNc2nc(Cl)nc3c2CCC3c2ccc(F)cc2F)n1. The van der Waals surface area contributed by atoms with Crippen molar-refractivity contribution in [2.75, 3.05) is 24.2 Å². The molecule has 2 aromatic heterocycles. The number of hydrogen-bond acceptors (Lipinski definition) is 7. The third kappa shape index (κ3) is 4.94. The summed E-state index contributed by atoms with van der Waals surface area (Å²) >= 11 is 6.19. The van der Waals surface area contributed by atoms with E-state index >= 15 is 0 Å². The van der Waals surface area contributed by atoms with Crippen molar-refractivity contribution in [3.05, 3.63) is 82.3 Å². The minimum absolute atomic E-state index is 0.0782. The van der Waals surface area contributed by atoms with Crippen molar-refractivity contribution in [3.8, 4) is 11.4 Å². The highest BCUT2D eigenvalue weighted by molar-refractivity contribution is 6.28. The van der Waals surface area contributed by atoms with E-state index in [4.69, 9.17) is 22.1 Å². The molecule has 0 saturated heterocycles. The highest BCUT2D eigenvalue weighted by Crippen LogP contribution is 2.41. The molecule has 0 bridgehead atoms. The van der Waals surface area contributed by atoms with Crippen LogP contribution in [0, 0.1) is 18.6 Å². The summed E-state index contributed by atoms with van der Waals surface area (Å²) in [6, 6.07) is 9.00. The third-order valence-electron chi connectivity index (χ3n) is 6.07. The van der Waals surface area contributed by atoms with Crippen LogP contribution < -0.4 is 15.8 Å². The van der Waals surface area contributed by atoms with Crippen LogP contribution in [-0.2, 0) is 6.42 Å². The molecule has 0 radical (unpaired) electrons. The first-order valence-corrected chi connectivity index (χ1v) is 11.9. The summed E-state index contributed by atoms with van der Waals surface area (Å²) < 4.78 is 35.4. The molecule has 1 aliphatic carbocycles. The Labute approximate surface area is 211 Å². The van der Waals surface area contributed by atoms with E-state index in [1.807, 2.05) is 13.0 Å². The molecule has 1 atom stereocenters. The Balaban J connectivity index is 1.24. The molecule has 2 heterocycles. The number of nitrogen functional groups attached to an aromatic ring is 1. The van der Waals surface area contributed by atoms with E-state index in [-0.39, 0.29) is 11.2 Å². The maximum atomic E-state index is 14.4. The Morgan fingerprint density at radius 1 is 1.19 bits per heavy atom. The fourth-order valence-corrected chi connectivity index (χ4v) is 4.60. The molecule has 1 unspecified atom stereocenters. The number of nitrogens with one attached hydrogen (secondary N) is 1. The smallest absolute Gasteiger partial charge is 0.224 e. The molecule has 0 saturated carbocycles. The second-order valence-electron chi connectivity index (χ2n) is 8.55. The first-order chi connectivity index (χ1) is 17.4. The number of fused-ring (bicyclic) bond motifs is 1. The minimum atomic E-state index is -0.610. The number of ether oxygens (including phenoxy) is 1. The van der Waals surface area contributed by atoms with Gasteiger partial charge < -0.3 is 15.8 Å². The first kappa shape index (κ1) is 23.9. The van der Waals surface area contributed by atoms with Gasteiger partial charge in [0, 0.05) is 35.8 Å². The Hall–Kier alpha value is -3.79. The second kappa shape index (κ2) is 10.1. The summed E-state index contributed by atoms with van der Waals surface area (Å²) in [5.41, 5.74) is 9.26. The van der Waals surface area contributed by atoms with Gasteiger partial charge in [-0.25, -0.2) is 28.4 Å². The zero-order valence-corrected chi connectivity index (χ0v) is 20.3. The third-order valence-corrected chi connectivity index (χ3v) is 6.24. The summed E-state index contributed by atoms with van der Waals surface area (Å²) in [6.45, 7) is 2.80. The predicted molar refractivity (Wildman–Crippen MR) is 133 cm³/mol. The molecule has 5 rings (SSSR count). The lowest BCUT2D eigenvalue weighted by atomic mass is 9.96. The maximum absolute atomic E-state index is 14.4. The quantitative estimate of drug-likeness (QED) is 0.198. The first-order valence-electron chi connectivity index (χ1n) is 11.5. The zero-order valence-electron chi connectivity index (χ0n) is 19.5. The van der Waals surface area contributed by atoms with E-state index in [0.717, 1.165) is 17.3 Å². The summed E-state index contributed by atoms with van der Waals surface area (Å²) in [5.74, 6) is 0.389. The van der Waals surface area contributed by atoms with Crippen LogP contribution in [0.25, 0.3) is 5.69 Å². The van der Waals surface area contributed by atoms with E-state index in [0.29, 0.717) is 66.8 Å². The average Bonchev–Trinajstić information content (AvgIpc) is 3.45. The number of nitrogens with zero attached hydrogens (tertiary/aromatic N) is 5. The molecule has 0 aliphatic heterocycles. The zero-order chi connectivity index (χ0) is 25.2. The Bertz CT molecular complexity index is 1410. The van der Waals surface area contributed by atoms with Gasteiger partial charge in [0.15, 0.2) is 0 Å². The van der Waals surface area contributed by atoms with Gasteiger partial charge in [-0.3, -0.25) is 0 Å². The molecule has 2 aromatic carbocycles. The van der Waals surface area contributed by atoms with Gasteiger partial charge in [-0.1, -0.05) is 6.07 Å². The largest absolute Gasteiger partial charge is 0.491 e. The van der Waals surface area contributed by atoms with Crippen LogP contribution in [0.2, 0.25) is 5.28 Å². The molecular formula is C25H24ClF2N7O. The summed E-state index contributed by atoms with van der Waals surface area (Å²) in [4.78, 5) is 12.9. The fraction of sp³-hybridized carbons (Fsp3) is 0.280. The van der Waals surface area contributed by atoms with Gasteiger partial charge in [0.05, 0.1) is 12.3 Å². The normalized spacial score (nSPS) is 14.6. The number of halogens is 3. The molecule has 0 amide bonds. The number of rotatable bonds is 8. The van der Waals surface area contributed by atoms with Crippen molar-refractivity contribution in [1.82, 2.24) is 24.7 Å². The Morgan fingerprint density at radius 2 is 2.06 bits per heavy atom. The van der Waals surface area contributed by atoms with Gasteiger partial charge in [0.25, 0.3) is 0 Å². The van der Waals surface area contributed by atoms with Crippen LogP contribution in [0.1, 0.15) is 41.4 Å². The molecule has 4 aromatic rings. The number of aryl methyl sites for hydroxylation is 1. The number of hydrogen-bond donors (Lipinski definition) is 2. The van der Waals surface area contributed by atoms with E-state index in [1.54, 1.807) is 23.1 Å². The van der Waals surface area contributed by atoms with Crippen LogP contribution in [0.15, 0.2) is 42.7 Å². The molecule has 8 nitrogen and oxygen atoms in total. The van der Waals surface area contributed by atoms with Crippen LogP contribution in [0.4, 0.5) is 20.3 Å². The van der Waals surface area contributed by atoms with Crippen molar-refractivity contribution in [1.29, 1.82) is 0 Å². The number of benzene rings is 2. The predicted octanol–water partition coefficient (Wildman–Crippen LogP) is 4.84. The Morgan fingerprint density at radius 3 is 2.83 bits per heavy atom. The molecule has 0 fully saturated rings. The van der Waals surface area contributed by atoms with Crippen molar-refractivity contribution in [2.45, 2.75) is 32.1 Å². The van der Waals surface area contributed by atoms with Gasteiger partial charge in [0.1, 0.15) is 41.0 Å². The van der Waals surface area contributed by atoms with Crippen molar-refractivity contribution in [2.24, 2.45) is 0 Å². The van der Waals surface area contributed by atoms with Gasteiger partial charge in [-0.15, -0.1) is 0 Å². The standard InChI is InChI=1S/C25H24ClF2N7O/c1-14-31-13-35(34-14)21-8-4-16(29)12-22(21)36-10-2-9-30-24-19-7-6-18(23(19)32-25(26)33-24)17-5-3-15(27)11-20(17)28/h3-5,8,11-13,18H,2,6-7,9-10,29H2,1H3,(H,30,32,33). The van der Waals surface area contributed by atoms with Crippen molar-refractivity contribution >= 4 is 23.1 Å². The topological polar surface area (TPSA) is 104 Å². The Kier molecular flexibility index (Phi) is 6.69. The van der Waals surface area contributed by atoms with Gasteiger partial charge in [-0.2, -0.15) is 5.10 Å². The van der Waals surface area contributed by atoms with Crippen molar-refractivity contribution in [3.63, 3.8) is 0 Å². The number of nitrogens with two attached hydrogens (primary N) is 1. The number of aromatic nitrogens is 5. The van der Waals surface area contributed by atoms with E-state index in [1.165, 1.54) is 12.1 Å². The number of anilines is 2. The van der Waals surface area contributed by atoms with Crippen LogP contribution >= 0.6 is 11.6 Å². The lowest BCUT2D eigenvalue weighted by Crippen LogP contribution is -2.12. The highest BCUT2D eigenvalue weighted by Gasteiger charge is 2.31. The van der Waals surface area contributed by atoms with Gasteiger partial charge in [0.2, 0.25) is 5.28 Å². The van der Waals surface area contributed by atoms with Crippen molar-refractivity contribution < 1.29 is 13.5 Å². The van der Waals surface area contributed by atoms with E-state index in [9.17, 15) is 8.78 Å². The monoisotopic (exact) mass is 511 g/mol. The van der Waals surface area contributed by atoms with E-state index < -0.39 is 11.6 Å². The average molecular weight is 512 g/mol. The van der Waals surface area contributed by atoms with Gasteiger partial charge >= 0.3 is 0 Å². The maximum Gasteiger partial charge on any atom is 0.224 e. The minimum Gasteiger partial charge on any atom is -0.491 e. The molecule has 186 valence electrons. The molecule has 1 aliphatic rings. The lowest BCUT2D eigenvalue weighted by molar-refractivity contribution is 0.313. The molecule has 0 spiro atoms. The second-order valence-corrected chi connectivity index (χ2v) is 8.89. The highest BCUT2D eigenvalue weighted by atomic mass is 35.5. The van der Waals surface area contributed by atoms with Crippen LogP contribution in [-0.4, -0.2) is 37.9 Å². The summed E-state index contributed by atoms with van der Waals surface area (Å²) in [6.07, 6.45) is 3.60. The lowest BCUT2D eigenvalue weighted by Gasteiger charge is -2.15. The van der Waals surface area contributed by atoms with Crippen LogP contribution in [0.3, 0.4) is 0 Å². The van der Waals surface area contributed by atoms with Crippen LogP contribution in [0.5, 0.6) is 5.75 Å². The fourth-order valence-electron chi connectivity index (χ4n) is 4.42. The molecular weight excluding hydrogens is 488 g/mol. The summed E-state index contributed by atoms with van der Waals surface area (Å²) in [5, 5.41) is 7.72. The molecule has 36 heavy (non-hydrogen) atoms. The molecule has 11 heteroatoms. The molecule has 3 N–H and O–H groups in total. The summed E-state index contributed by atoms with van der Waals surface area (Å²) in [7, 11) is 0. The van der Waals surface area contributed by atoms with E-state index in [2.05, 4.69) is 25.4 Å².